The second kappa shape index (κ2) is 5.26. The van der Waals surface area contributed by atoms with Crippen LogP contribution >= 0.6 is 0 Å². The lowest BCUT2D eigenvalue weighted by Gasteiger charge is -2.33. The van der Waals surface area contributed by atoms with Crippen LogP contribution in [0.2, 0.25) is 0 Å². The van der Waals surface area contributed by atoms with E-state index in [1.165, 1.54) is 31.4 Å². The minimum absolute atomic E-state index is 0.675. The highest BCUT2D eigenvalue weighted by Gasteiger charge is 2.17. The smallest absolute Gasteiger partial charge is 0.150 e. The highest BCUT2D eigenvalue weighted by molar-refractivity contribution is 5.74. The van der Waals surface area contributed by atoms with Gasteiger partial charge in [-0.2, -0.15) is 0 Å². The summed E-state index contributed by atoms with van der Waals surface area (Å²) in [5.41, 5.74) is 2.03. The molecule has 1 aromatic carbocycles. The quantitative estimate of drug-likeness (QED) is 0.726. The largest absolute Gasteiger partial charge is 0.298 e. The Morgan fingerprint density at radius 2 is 2.31 bits per heavy atom. The molecular formula is C14H19NO. The Balaban J connectivity index is 2.04. The maximum Gasteiger partial charge on any atom is 0.150 e. The molecule has 86 valence electrons. The minimum atomic E-state index is 0.675. The van der Waals surface area contributed by atoms with Crippen LogP contribution in [0.15, 0.2) is 24.3 Å². The molecule has 1 aliphatic heterocycles. The van der Waals surface area contributed by atoms with E-state index in [9.17, 15) is 4.79 Å². The van der Waals surface area contributed by atoms with E-state index in [1.54, 1.807) is 0 Å². The van der Waals surface area contributed by atoms with Gasteiger partial charge in [-0.05, 0) is 37.9 Å². The third-order valence-corrected chi connectivity index (χ3v) is 3.41. The van der Waals surface area contributed by atoms with Crippen LogP contribution in [0.3, 0.4) is 0 Å². The van der Waals surface area contributed by atoms with E-state index in [0.717, 1.165) is 18.4 Å². The predicted octanol–water partition coefficient (Wildman–Crippen LogP) is 2.87. The normalized spacial score (nSPS) is 21.9. The standard InChI is InChI=1S/C14H19NO/c1-12-5-2-3-8-15(12)10-13-6-4-7-14(9-13)11-16/h4,6-7,9,11-12H,2-3,5,8,10H2,1H3. The number of carbonyl (C=O) groups is 1. The molecule has 0 spiro atoms. The number of hydrogen-bond donors (Lipinski definition) is 0. The van der Waals surface area contributed by atoms with Crippen molar-refractivity contribution in [3.05, 3.63) is 35.4 Å². The van der Waals surface area contributed by atoms with Crippen molar-refractivity contribution in [3.8, 4) is 0 Å². The first-order valence-corrected chi connectivity index (χ1v) is 6.08. The number of aldehydes is 1. The SMILES string of the molecule is CC1CCCCN1Cc1cccc(C=O)c1. The number of benzene rings is 1. The molecule has 1 saturated heterocycles. The summed E-state index contributed by atoms with van der Waals surface area (Å²) >= 11 is 0. The van der Waals surface area contributed by atoms with Gasteiger partial charge >= 0.3 is 0 Å². The molecule has 0 saturated carbocycles. The highest BCUT2D eigenvalue weighted by Crippen LogP contribution is 2.19. The molecule has 2 heteroatoms. The van der Waals surface area contributed by atoms with E-state index >= 15 is 0 Å². The number of nitrogens with zero attached hydrogens (tertiary/aromatic N) is 1. The molecule has 0 aliphatic carbocycles. The van der Waals surface area contributed by atoms with Crippen LogP contribution in [0.1, 0.15) is 42.1 Å². The number of carbonyl (C=O) groups excluding carboxylic acids is 1. The summed E-state index contributed by atoms with van der Waals surface area (Å²) in [7, 11) is 0. The minimum Gasteiger partial charge on any atom is -0.298 e. The van der Waals surface area contributed by atoms with Crippen molar-refractivity contribution in [2.24, 2.45) is 0 Å². The zero-order valence-electron chi connectivity index (χ0n) is 9.86. The monoisotopic (exact) mass is 217 g/mol. The lowest BCUT2D eigenvalue weighted by molar-refractivity contribution is 0.112. The van der Waals surface area contributed by atoms with Crippen molar-refractivity contribution < 1.29 is 4.79 Å². The molecule has 0 radical (unpaired) electrons. The van der Waals surface area contributed by atoms with Crippen LogP contribution in [0.5, 0.6) is 0 Å². The Morgan fingerprint density at radius 3 is 3.06 bits per heavy atom. The molecule has 2 rings (SSSR count). The van der Waals surface area contributed by atoms with E-state index < -0.39 is 0 Å². The summed E-state index contributed by atoms with van der Waals surface area (Å²) in [5.74, 6) is 0. The maximum atomic E-state index is 10.7. The number of rotatable bonds is 3. The van der Waals surface area contributed by atoms with Crippen molar-refractivity contribution in [2.75, 3.05) is 6.54 Å². The average Bonchev–Trinajstić information content (AvgIpc) is 2.32. The van der Waals surface area contributed by atoms with Crippen LogP contribution in [0.25, 0.3) is 0 Å². The summed E-state index contributed by atoms with van der Waals surface area (Å²) in [6.07, 6.45) is 4.88. The van der Waals surface area contributed by atoms with Gasteiger partial charge in [0.1, 0.15) is 6.29 Å². The van der Waals surface area contributed by atoms with E-state index in [0.29, 0.717) is 6.04 Å². The van der Waals surface area contributed by atoms with Crippen molar-refractivity contribution in [3.63, 3.8) is 0 Å². The molecule has 0 aromatic heterocycles. The zero-order valence-corrected chi connectivity index (χ0v) is 9.86. The van der Waals surface area contributed by atoms with Crippen molar-refractivity contribution in [1.29, 1.82) is 0 Å². The zero-order chi connectivity index (χ0) is 11.4. The van der Waals surface area contributed by atoms with Crippen LogP contribution in [-0.4, -0.2) is 23.8 Å². The van der Waals surface area contributed by atoms with Gasteiger partial charge in [0.15, 0.2) is 0 Å². The van der Waals surface area contributed by atoms with Crippen LogP contribution in [0, 0.1) is 0 Å². The van der Waals surface area contributed by atoms with Gasteiger partial charge in [-0.3, -0.25) is 9.69 Å². The molecule has 2 nitrogen and oxygen atoms in total. The molecular weight excluding hydrogens is 198 g/mol. The maximum absolute atomic E-state index is 10.7. The molecule has 16 heavy (non-hydrogen) atoms. The molecule has 0 amide bonds. The molecule has 1 atom stereocenters. The second-order valence-electron chi connectivity index (χ2n) is 4.68. The third kappa shape index (κ3) is 2.70. The van der Waals surface area contributed by atoms with E-state index in [1.807, 2.05) is 18.2 Å². The molecule has 1 heterocycles. The first-order chi connectivity index (χ1) is 7.79. The Morgan fingerprint density at radius 1 is 1.44 bits per heavy atom. The number of likely N-dealkylation sites (tertiary alicyclic amines) is 1. The number of hydrogen-bond acceptors (Lipinski definition) is 2. The van der Waals surface area contributed by atoms with Gasteiger partial charge in [0.25, 0.3) is 0 Å². The molecule has 0 bridgehead atoms. The van der Waals surface area contributed by atoms with Crippen molar-refractivity contribution in [2.45, 2.75) is 38.8 Å². The van der Waals surface area contributed by atoms with Gasteiger partial charge in [0, 0.05) is 18.2 Å². The lowest BCUT2D eigenvalue weighted by atomic mass is 10.0. The van der Waals surface area contributed by atoms with Gasteiger partial charge in [-0.25, -0.2) is 0 Å². The van der Waals surface area contributed by atoms with Crippen LogP contribution in [-0.2, 0) is 6.54 Å². The third-order valence-electron chi connectivity index (χ3n) is 3.41. The molecule has 0 N–H and O–H groups in total. The highest BCUT2D eigenvalue weighted by atomic mass is 16.1. The van der Waals surface area contributed by atoms with Crippen molar-refractivity contribution >= 4 is 6.29 Å². The van der Waals surface area contributed by atoms with Crippen molar-refractivity contribution in [1.82, 2.24) is 4.90 Å². The Labute approximate surface area is 97.3 Å². The molecule has 1 fully saturated rings. The Hall–Kier alpha value is -1.15. The lowest BCUT2D eigenvalue weighted by Crippen LogP contribution is -2.36. The fourth-order valence-corrected chi connectivity index (χ4v) is 2.39. The fraction of sp³-hybridized carbons (Fsp3) is 0.500. The van der Waals surface area contributed by atoms with Gasteiger partial charge < -0.3 is 0 Å². The topological polar surface area (TPSA) is 20.3 Å². The first kappa shape index (κ1) is 11.3. The summed E-state index contributed by atoms with van der Waals surface area (Å²) in [5, 5.41) is 0. The van der Waals surface area contributed by atoms with Crippen LogP contribution in [0.4, 0.5) is 0 Å². The summed E-state index contributed by atoms with van der Waals surface area (Å²) in [6.45, 7) is 4.46. The van der Waals surface area contributed by atoms with Gasteiger partial charge in [-0.1, -0.05) is 24.6 Å². The number of piperidine rings is 1. The van der Waals surface area contributed by atoms with Gasteiger partial charge in [0.2, 0.25) is 0 Å². The summed E-state index contributed by atoms with van der Waals surface area (Å²) in [4.78, 5) is 13.2. The molecule has 1 aromatic rings. The second-order valence-corrected chi connectivity index (χ2v) is 4.68. The van der Waals surface area contributed by atoms with Gasteiger partial charge in [-0.15, -0.1) is 0 Å². The van der Waals surface area contributed by atoms with E-state index in [4.69, 9.17) is 0 Å². The summed E-state index contributed by atoms with van der Waals surface area (Å²) in [6, 6.07) is 8.60. The first-order valence-electron chi connectivity index (χ1n) is 6.08. The molecule has 1 unspecified atom stereocenters. The van der Waals surface area contributed by atoms with Crippen LogP contribution < -0.4 is 0 Å². The van der Waals surface area contributed by atoms with Gasteiger partial charge in [0.05, 0.1) is 0 Å². The predicted molar refractivity (Wildman–Crippen MR) is 65.6 cm³/mol. The van der Waals surface area contributed by atoms with E-state index in [2.05, 4.69) is 17.9 Å². The van der Waals surface area contributed by atoms with E-state index in [-0.39, 0.29) is 0 Å². The fourth-order valence-electron chi connectivity index (χ4n) is 2.39. The Bertz CT molecular complexity index is 362. The average molecular weight is 217 g/mol. The summed E-state index contributed by atoms with van der Waals surface area (Å²) < 4.78 is 0. The molecule has 1 aliphatic rings. The Kier molecular flexibility index (Phi) is 3.73.